The van der Waals surface area contributed by atoms with Gasteiger partial charge in [-0.2, -0.15) is 0 Å². The van der Waals surface area contributed by atoms with Crippen LogP contribution in [0.25, 0.3) is 0 Å². The highest BCUT2D eigenvalue weighted by atomic mass is 16.3. The number of allylic oxidation sites excluding steroid dienone is 5. The van der Waals surface area contributed by atoms with E-state index in [0.29, 0.717) is 6.42 Å². The number of hydrogen-bond acceptors (Lipinski definition) is 3. The molecule has 0 bridgehead atoms. The van der Waals surface area contributed by atoms with E-state index in [4.69, 9.17) is 0 Å². The lowest BCUT2D eigenvalue weighted by Gasteiger charge is -2.20. The minimum absolute atomic E-state index is 0.0756. The Kier molecular flexibility index (Phi) is 31.0. The molecule has 234 valence electrons. The van der Waals surface area contributed by atoms with E-state index in [2.05, 4.69) is 43.5 Å². The molecular formula is C36H67NO3. The zero-order valence-corrected chi connectivity index (χ0v) is 26.6. The summed E-state index contributed by atoms with van der Waals surface area (Å²) < 4.78 is 0. The first-order chi connectivity index (χ1) is 19.7. The second-order valence-corrected chi connectivity index (χ2v) is 11.6. The van der Waals surface area contributed by atoms with Crippen LogP contribution in [0, 0.1) is 0 Å². The van der Waals surface area contributed by atoms with Gasteiger partial charge in [0.05, 0.1) is 18.8 Å². The number of carbonyl (C=O) groups is 1. The number of aliphatic hydroxyl groups is 2. The molecule has 3 N–H and O–H groups in total. The van der Waals surface area contributed by atoms with Crippen molar-refractivity contribution in [1.82, 2.24) is 5.32 Å². The third kappa shape index (κ3) is 28.1. The number of aliphatic hydroxyl groups excluding tert-OH is 2. The van der Waals surface area contributed by atoms with Crippen LogP contribution in [0.15, 0.2) is 36.5 Å². The average molecular weight is 562 g/mol. The standard InChI is InChI=1S/C36H67NO3/c1-3-5-7-9-10-11-12-13-14-15-16-17-18-19-20-21-22-23-24-25-26-28-30-32-36(40)37-34(33-38)35(39)31-29-27-8-6-4-2/h12-13,15-16,29,31,34-35,38-39H,3-11,14,17-28,30,32-33H2,1-2H3,(H,37,40)/b13-12-,16-15-,31-29+. The Labute approximate surface area is 249 Å². The van der Waals surface area contributed by atoms with E-state index in [1.165, 1.54) is 116 Å². The second-order valence-electron chi connectivity index (χ2n) is 11.6. The third-order valence-corrected chi connectivity index (χ3v) is 7.62. The molecule has 0 saturated carbocycles. The Morgan fingerprint density at radius 2 is 1.02 bits per heavy atom. The van der Waals surface area contributed by atoms with Crippen LogP contribution >= 0.6 is 0 Å². The summed E-state index contributed by atoms with van der Waals surface area (Å²) in [4.78, 5) is 12.2. The normalized spacial score (nSPS) is 13.6. The van der Waals surface area contributed by atoms with Crippen LogP contribution in [0.2, 0.25) is 0 Å². The molecule has 2 atom stereocenters. The lowest BCUT2D eigenvalue weighted by molar-refractivity contribution is -0.123. The van der Waals surface area contributed by atoms with E-state index in [0.717, 1.165) is 32.1 Å². The van der Waals surface area contributed by atoms with Crippen LogP contribution in [0.4, 0.5) is 0 Å². The molecule has 0 heterocycles. The van der Waals surface area contributed by atoms with Crippen molar-refractivity contribution in [2.24, 2.45) is 0 Å². The van der Waals surface area contributed by atoms with Crippen molar-refractivity contribution in [2.75, 3.05) is 6.61 Å². The van der Waals surface area contributed by atoms with Crippen LogP contribution in [0.1, 0.15) is 168 Å². The molecule has 1 amide bonds. The largest absolute Gasteiger partial charge is 0.394 e. The number of amides is 1. The van der Waals surface area contributed by atoms with Crippen molar-refractivity contribution >= 4 is 5.91 Å². The predicted octanol–water partition coefficient (Wildman–Crippen LogP) is 9.90. The van der Waals surface area contributed by atoms with Crippen molar-refractivity contribution in [1.29, 1.82) is 0 Å². The zero-order chi connectivity index (χ0) is 29.4. The zero-order valence-electron chi connectivity index (χ0n) is 26.6. The van der Waals surface area contributed by atoms with E-state index < -0.39 is 12.1 Å². The summed E-state index contributed by atoms with van der Waals surface area (Å²) in [5.41, 5.74) is 0. The number of carbonyl (C=O) groups excluding carboxylic acids is 1. The maximum absolute atomic E-state index is 12.2. The quantitative estimate of drug-likeness (QED) is 0.0603. The van der Waals surface area contributed by atoms with E-state index in [1.54, 1.807) is 6.08 Å². The van der Waals surface area contributed by atoms with Crippen molar-refractivity contribution in [3.63, 3.8) is 0 Å². The first-order valence-electron chi connectivity index (χ1n) is 17.2. The molecule has 0 aromatic carbocycles. The van der Waals surface area contributed by atoms with Crippen LogP contribution in [0.3, 0.4) is 0 Å². The minimum Gasteiger partial charge on any atom is -0.394 e. The summed E-state index contributed by atoms with van der Waals surface area (Å²) in [6.07, 6.45) is 41.1. The van der Waals surface area contributed by atoms with Crippen molar-refractivity contribution in [2.45, 2.75) is 180 Å². The lowest BCUT2D eigenvalue weighted by Crippen LogP contribution is -2.45. The number of nitrogens with one attached hydrogen (secondary N) is 1. The van der Waals surface area contributed by atoms with Crippen molar-refractivity contribution in [3.8, 4) is 0 Å². The first kappa shape index (κ1) is 38.6. The molecule has 0 radical (unpaired) electrons. The van der Waals surface area contributed by atoms with E-state index >= 15 is 0 Å². The fraction of sp³-hybridized carbons (Fsp3) is 0.806. The molecule has 4 nitrogen and oxygen atoms in total. The molecule has 0 aliphatic carbocycles. The van der Waals surface area contributed by atoms with E-state index in [-0.39, 0.29) is 12.5 Å². The van der Waals surface area contributed by atoms with Crippen molar-refractivity contribution in [3.05, 3.63) is 36.5 Å². The lowest BCUT2D eigenvalue weighted by atomic mass is 10.0. The fourth-order valence-electron chi connectivity index (χ4n) is 4.91. The Balaban J connectivity index is 3.49. The molecule has 0 aromatic heterocycles. The van der Waals surface area contributed by atoms with Gasteiger partial charge in [0.15, 0.2) is 0 Å². The molecule has 4 heteroatoms. The molecule has 0 rings (SSSR count). The maximum Gasteiger partial charge on any atom is 0.220 e. The smallest absolute Gasteiger partial charge is 0.220 e. The fourth-order valence-corrected chi connectivity index (χ4v) is 4.91. The molecule has 2 unspecified atom stereocenters. The number of unbranched alkanes of at least 4 members (excludes halogenated alkanes) is 19. The maximum atomic E-state index is 12.2. The molecule has 0 spiro atoms. The minimum atomic E-state index is -0.834. The highest BCUT2D eigenvalue weighted by Crippen LogP contribution is 2.13. The third-order valence-electron chi connectivity index (χ3n) is 7.62. The van der Waals surface area contributed by atoms with Gasteiger partial charge >= 0.3 is 0 Å². The highest BCUT2D eigenvalue weighted by Gasteiger charge is 2.17. The Morgan fingerprint density at radius 3 is 1.55 bits per heavy atom. The predicted molar refractivity (Wildman–Crippen MR) is 175 cm³/mol. The topological polar surface area (TPSA) is 69.6 Å². The molecule has 0 aromatic rings. The Morgan fingerprint density at radius 1 is 0.600 bits per heavy atom. The van der Waals surface area contributed by atoms with Crippen molar-refractivity contribution < 1.29 is 15.0 Å². The van der Waals surface area contributed by atoms with Gasteiger partial charge in [-0.1, -0.05) is 147 Å². The van der Waals surface area contributed by atoms with Gasteiger partial charge in [0.2, 0.25) is 5.91 Å². The summed E-state index contributed by atoms with van der Waals surface area (Å²) in [5.74, 6) is -0.0756. The van der Waals surface area contributed by atoms with Gasteiger partial charge in [-0.25, -0.2) is 0 Å². The van der Waals surface area contributed by atoms with Gasteiger partial charge in [0, 0.05) is 6.42 Å². The van der Waals surface area contributed by atoms with Crippen LogP contribution in [0.5, 0.6) is 0 Å². The van der Waals surface area contributed by atoms with Crippen LogP contribution in [-0.2, 0) is 4.79 Å². The first-order valence-corrected chi connectivity index (χ1v) is 17.2. The van der Waals surface area contributed by atoms with Gasteiger partial charge in [0.25, 0.3) is 0 Å². The summed E-state index contributed by atoms with van der Waals surface area (Å²) in [5, 5.41) is 22.5. The summed E-state index contributed by atoms with van der Waals surface area (Å²) in [6, 6.07) is -0.617. The van der Waals surface area contributed by atoms with Gasteiger partial charge in [0.1, 0.15) is 0 Å². The van der Waals surface area contributed by atoms with Crippen LogP contribution in [-0.4, -0.2) is 34.9 Å². The van der Waals surface area contributed by atoms with Gasteiger partial charge < -0.3 is 15.5 Å². The SMILES string of the molecule is CCCCC/C=C/C(O)C(CO)NC(=O)CCCCCCCCCCCCC/C=C\C/C=C\CCCCCCC. The number of hydrogen-bond donors (Lipinski definition) is 3. The van der Waals surface area contributed by atoms with Crippen LogP contribution < -0.4 is 5.32 Å². The molecule has 0 aliphatic rings. The van der Waals surface area contributed by atoms with Gasteiger partial charge in [-0.3, -0.25) is 4.79 Å². The Hall–Kier alpha value is -1.39. The highest BCUT2D eigenvalue weighted by molar-refractivity contribution is 5.76. The molecule has 40 heavy (non-hydrogen) atoms. The second kappa shape index (κ2) is 32.1. The molecule has 0 fully saturated rings. The summed E-state index contributed by atoms with van der Waals surface area (Å²) in [7, 11) is 0. The summed E-state index contributed by atoms with van der Waals surface area (Å²) >= 11 is 0. The molecule has 0 aliphatic heterocycles. The molecule has 0 saturated heterocycles. The van der Waals surface area contributed by atoms with Gasteiger partial charge in [-0.05, 0) is 51.4 Å². The Bertz CT molecular complexity index is 613. The average Bonchev–Trinajstić information content (AvgIpc) is 2.96. The monoisotopic (exact) mass is 562 g/mol. The summed E-state index contributed by atoms with van der Waals surface area (Å²) in [6.45, 7) is 4.18. The van der Waals surface area contributed by atoms with E-state index in [1.807, 2.05) is 6.08 Å². The molecular weight excluding hydrogens is 494 g/mol. The number of rotatable bonds is 30. The van der Waals surface area contributed by atoms with Gasteiger partial charge in [-0.15, -0.1) is 0 Å². The van der Waals surface area contributed by atoms with E-state index in [9.17, 15) is 15.0 Å².